The van der Waals surface area contributed by atoms with Gasteiger partial charge in [-0.25, -0.2) is 4.98 Å². The molecule has 0 amide bonds. The van der Waals surface area contributed by atoms with Crippen LogP contribution in [0, 0.1) is 12.8 Å². The molecular weight excluding hydrogens is 278 g/mol. The van der Waals surface area contributed by atoms with Crippen molar-refractivity contribution in [3.8, 4) is 0 Å². The zero-order valence-corrected chi connectivity index (χ0v) is 14.7. The summed E-state index contributed by atoms with van der Waals surface area (Å²) < 4.78 is 0. The monoisotopic (exact) mass is 307 g/mol. The molecule has 118 valence electrons. The van der Waals surface area contributed by atoms with Crippen molar-refractivity contribution in [2.45, 2.75) is 47.0 Å². The number of anilines is 1. The van der Waals surface area contributed by atoms with Gasteiger partial charge in [-0.2, -0.15) is 0 Å². The molecule has 0 spiro atoms. The van der Waals surface area contributed by atoms with E-state index >= 15 is 0 Å². The van der Waals surface area contributed by atoms with Gasteiger partial charge in [-0.15, -0.1) is 0 Å². The van der Waals surface area contributed by atoms with Gasteiger partial charge in [-0.1, -0.05) is 30.8 Å². The molecule has 1 aliphatic rings. The van der Waals surface area contributed by atoms with E-state index in [1.54, 1.807) is 0 Å². The number of aryl methyl sites for hydroxylation is 1. The summed E-state index contributed by atoms with van der Waals surface area (Å²) in [6.07, 6.45) is 6.28. The average molecular weight is 308 g/mol. The van der Waals surface area contributed by atoms with E-state index in [0.29, 0.717) is 5.92 Å². The van der Waals surface area contributed by atoms with E-state index in [1.807, 2.05) is 11.3 Å². The normalized spacial score (nSPS) is 16.8. The summed E-state index contributed by atoms with van der Waals surface area (Å²) in [6, 6.07) is 0. The lowest BCUT2D eigenvalue weighted by Crippen LogP contribution is -2.29. The van der Waals surface area contributed by atoms with Crippen molar-refractivity contribution in [3.63, 3.8) is 0 Å². The van der Waals surface area contributed by atoms with E-state index in [4.69, 9.17) is 4.98 Å². The van der Waals surface area contributed by atoms with Crippen molar-refractivity contribution in [2.24, 2.45) is 5.92 Å². The predicted octanol–water partition coefficient (Wildman–Crippen LogP) is 4.09. The van der Waals surface area contributed by atoms with E-state index in [9.17, 15) is 0 Å². The molecule has 0 radical (unpaired) electrons. The molecule has 0 unspecified atom stereocenters. The molecule has 3 nitrogen and oxygen atoms in total. The van der Waals surface area contributed by atoms with Crippen molar-refractivity contribution in [3.05, 3.63) is 16.1 Å². The molecule has 1 N–H and O–H groups in total. The second kappa shape index (κ2) is 7.95. The van der Waals surface area contributed by atoms with Crippen LogP contribution in [0.25, 0.3) is 6.08 Å². The van der Waals surface area contributed by atoms with Gasteiger partial charge in [0, 0.05) is 19.6 Å². The third-order valence-corrected chi connectivity index (χ3v) is 4.95. The van der Waals surface area contributed by atoms with Crippen molar-refractivity contribution >= 4 is 22.5 Å². The van der Waals surface area contributed by atoms with Gasteiger partial charge < -0.3 is 10.2 Å². The fraction of sp³-hybridized carbons (Fsp3) is 0.706. The van der Waals surface area contributed by atoms with Crippen molar-refractivity contribution in [2.75, 3.05) is 31.1 Å². The molecule has 1 saturated heterocycles. The highest BCUT2D eigenvalue weighted by molar-refractivity contribution is 7.16. The Hall–Kier alpha value is -0.870. The number of aromatic nitrogens is 1. The van der Waals surface area contributed by atoms with Crippen molar-refractivity contribution < 1.29 is 0 Å². The van der Waals surface area contributed by atoms with E-state index < -0.39 is 0 Å². The molecule has 0 bridgehead atoms. The maximum Gasteiger partial charge on any atom is 0.186 e. The zero-order chi connectivity index (χ0) is 15.2. The largest absolute Gasteiger partial charge is 0.348 e. The lowest BCUT2D eigenvalue weighted by Gasteiger charge is -2.25. The number of thiazole rings is 1. The molecule has 2 heterocycles. The number of hydrogen-bond donors (Lipinski definition) is 1. The van der Waals surface area contributed by atoms with Crippen LogP contribution in [0.2, 0.25) is 0 Å². The molecule has 0 saturated carbocycles. The first kappa shape index (κ1) is 16.5. The molecule has 1 aromatic heterocycles. The first-order valence-electron chi connectivity index (χ1n) is 8.16. The number of piperidine rings is 1. The minimum Gasteiger partial charge on any atom is -0.348 e. The molecule has 2 rings (SSSR count). The van der Waals surface area contributed by atoms with Gasteiger partial charge in [0.25, 0.3) is 0 Å². The van der Waals surface area contributed by atoms with Crippen LogP contribution < -0.4 is 10.2 Å². The van der Waals surface area contributed by atoms with Gasteiger partial charge >= 0.3 is 0 Å². The third kappa shape index (κ3) is 5.11. The van der Waals surface area contributed by atoms with Gasteiger partial charge in [-0.05, 0) is 51.6 Å². The first-order chi connectivity index (χ1) is 10.1. The van der Waals surface area contributed by atoms with E-state index in [2.05, 4.69) is 44.0 Å². The minimum absolute atomic E-state index is 0.702. The Morgan fingerprint density at radius 2 is 2.05 bits per heavy atom. The van der Waals surface area contributed by atoms with Crippen LogP contribution in [0.3, 0.4) is 0 Å². The molecule has 0 atom stereocenters. The highest BCUT2D eigenvalue weighted by atomic mass is 32.1. The lowest BCUT2D eigenvalue weighted by atomic mass is 10.1. The molecule has 0 aromatic carbocycles. The molecular formula is C17H29N3S. The maximum atomic E-state index is 4.78. The Morgan fingerprint density at radius 3 is 2.71 bits per heavy atom. The Morgan fingerprint density at radius 1 is 1.33 bits per heavy atom. The lowest BCUT2D eigenvalue weighted by molar-refractivity contribution is 0.572. The highest BCUT2D eigenvalue weighted by Gasteiger charge is 2.15. The van der Waals surface area contributed by atoms with Gasteiger partial charge in [-0.3, -0.25) is 0 Å². The van der Waals surface area contributed by atoms with Crippen LogP contribution >= 0.6 is 11.3 Å². The Bertz CT molecular complexity index is 470. The fourth-order valence-electron chi connectivity index (χ4n) is 2.58. The number of nitrogens with one attached hydrogen (secondary N) is 1. The summed E-state index contributed by atoms with van der Waals surface area (Å²) in [7, 11) is 0. The Kier molecular flexibility index (Phi) is 6.24. The van der Waals surface area contributed by atoms with Gasteiger partial charge in [0.1, 0.15) is 0 Å². The standard InChI is InChI=1S/C17H29N3S/c1-13(2)11-18-12-14(3)10-16-15(4)19-17(21-16)20-8-6-5-7-9-20/h10,13,18H,5-9,11-12H2,1-4H3. The summed E-state index contributed by atoms with van der Waals surface area (Å²) in [5, 5.41) is 4.71. The maximum absolute atomic E-state index is 4.78. The highest BCUT2D eigenvalue weighted by Crippen LogP contribution is 2.29. The quantitative estimate of drug-likeness (QED) is 0.858. The SMILES string of the molecule is CC(=Cc1sc(N2CCCCC2)nc1C)CNCC(C)C. The summed E-state index contributed by atoms with van der Waals surface area (Å²) in [5.74, 6) is 0.702. The van der Waals surface area contributed by atoms with Crippen LogP contribution in [-0.4, -0.2) is 31.2 Å². The Balaban J connectivity index is 1.97. The minimum atomic E-state index is 0.702. The first-order valence-corrected chi connectivity index (χ1v) is 8.98. The summed E-state index contributed by atoms with van der Waals surface area (Å²) in [6.45, 7) is 13.2. The van der Waals surface area contributed by atoms with Gasteiger partial charge in [0.2, 0.25) is 0 Å². The fourth-order valence-corrected chi connectivity index (χ4v) is 3.73. The second-order valence-corrected chi connectivity index (χ2v) is 7.52. The van der Waals surface area contributed by atoms with E-state index in [-0.39, 0.29) is 0 Å². The predicted molar refractivity (Wildman–Crippen MR) is 94.3 cm³/mol. The van der Waals surface area contributed by atoms with Gasteiger partial charge in [0.05, 0.1) is 10.6 Å². The average Bonchev–Trinajstić information content (AvgIpc) is 2.81. The molecule has 21 heavy (non-hydrogen) atoms. The topological polar surface area (TPSA) is 28.2 Å². The molecule has 1 aliphatic heterocycles. The summed E-state index contributed by atoms with van der Waals surface area (Å²) in [5.41, 5.74) is 2.55. The van der Waals surface area contributed by atoms with Crippen LogP contribution in [0.1, 0.15) is 50.6 Å². The van der Waals surface area contributed by atoms with Gasteiger partial charge in [0.15, 0.2) is 5.13 Å². The Labute approximate surface area is 133 Å². The van der Waals surface area contributed by atoms with Crippen LogP contribution in [-0.2, 0) is 0 Å². The zero-order valence-electron chi connectivity index (χ0n) is 13.9. The molecule has 1 aromatic rings. The van der Waals surface area contributed by atoms with Crippen molar-refractivity contribution in [1.82, 2.24) is 10.3 Å². The summed E-state index contributed by atoms with van der Waals surface area (Å²) >= 11 is 1.84. The smallest absolute Gasteiger partial charge is 0.186 e. The van der Waals surface area contributed by atoms with Crippen LogP contribution in [0.15, 0.2) is 5.57 Å². The summed E-state index contributed by atoms with van der Waals surface area (Å²) in [4.78, 5) is 8.54. The van der Waals surface area contributed by atoms with Crippen LogP contribution in [0.5, 0.6) is 0 Å². The number of hydrogen-bond acceptors (Lipinski definition) is 4. The molecule has 0 aliphatic carbocycles. The van der Waals surface area contributed by atoms with Crippen molar-refractivity contribution in [1.29, 1.82) is 0 Å². The van der Waals surface area contributed by atoms with E-state index in [0.717, 1.165) is 13.1 Å². The number of rotatable bonds is 6. The van der Waals surface area contributed by atoms with E-state index in [1.165, 1.54) is 53.6 Å². The molecule has 4 heteroatoms. The number of nitrogens with zero attached hydrogens (tertiary/aromatic N) is 2. The molecule has 1 fully saturated rings. The van der Waals surface area contributed by atoms with Crippen LogP contribution in [0.4, 0.5) is 5.13 Å². The third-order valence-electron chi connectivity index (χ3n) is 3.78. The second-order valence-electron chi connectivity index (χ2n) is 6.51.